The Bertz CT molecular complexity index is 161. The highest BCUT2D eigenvalue weighted by molar-refractivity contribution is 4.93. The molecule has 0 aliphatic carbocycles. The number of rotatable bonds is 9. The van der Waals surface area contributed by atoms with Crippen molar-refractivity contribution in [2.24, 2.45) is 11.3 Å². The Labute approximate surface area is 111 Å². The lowest BCUT2D eigenvalue weighted by Crippen LogP contribution is -2.24. The molecule has 1 radical (unpaired) electrons. The van der Waals surface area contributed by atoms with E-state index in [-0.39, 0.29) is 0 Å². The Kier molecular flexibility index (Phi) is 9.00. The molecule has 0 heteroatoms. The van der Waals surface area contributed by atoms with E-state index < -0.39 is 0 Å². The van der Waals surface area contributed by atoms with Gasteiger partial charge in [-0.05, 0) is 23.7 Å². The van der Waals surface area contributed by atoms with Crippen molar-refractivity contribution >= 4 is 0 Å². The normalized spacial score (nSPS) is 14.3. The summed E-state index contributed by atoms with van der Waals surface area (Å²) in [6, 6.07) is 0. The molecule has 0 spiro atoms. The van der Waals surface area contributed by atoms with Crippen LogP contribution in [0.25, 0.3) is 0 Å². The summed E-state index contributed by atoms with van der Waals surface area (Å²) in [6.07, 6.45) is 11.4. The maximum Gasteiger partial charge on any atom is -0.0267 e. The van der Waals surface area contributed by atoms with Crippen LogP contribution < -0.4 is 0 Å². The van der Waals surface area contributed by atoms with E-state index in [0.29, 0.717) is 5.41 Å². The molecule has 1 atom stereocenters. The van der Waals surface area contributed by atoms with Crippen LogP contribution in [-0.2, 0) is 0 Å². The average Bonchev–Trinajstić information content (AvgIpc) is 2.19. The van der Waals surface area contributed by atoms with Gasteiger partial charge in [-0.3, -0.25) is 0 Å². The standard InChI is InChI=1S/C17H35/c1-7-8-9-10-11-12-13-14-16(15(2)3)17(4,5)6/h16H,7-14H2,1-6H3. The van der Waals surface area contributed by atoms with E-state index in [0.717, 1.165) is 5.92 Å². The molecule has 0 bridgehead atoms. The zero-order chi connectivity index (χ0) is 13.3. The van der Waals surface area contributed by atoms with E-state index in [1.807, 2.05) is 0 Å². The van der Waals surface area contributed by atoms with Gasteiger partial charge in [0.25, 0.3) is 0 Å². The van der Waals surface area contributed by atoms with Gasteiger partial charge in [0.05, 0.1) is 0 Å². The first-order valence-electron chi connectivity index (χ1n) is 7.69. The van der Waals surface area contributed by atoms with Crippen LogP contribution in [0.3, 0.4) is 0 Å². The molecule has 0 saturated heterocycles. The monoisotopic (exact) mass is 239 g/mol. The maximum absolute atomic E-state index is 2.38. The minimum absolute atomic E-state index is 0.445. The molecule has 103 valence electrons. The van der Waals surface area contributed by atoms with Crippen molar-refractivity contribution in [2.45, 2.75) is 92.9 Å². The first-order valence-corrected chi connectivity index (χ1v) is 7.69. The SMILES string of the molecule is CCCCCCCCCC([C](C)C)C(C)(C)C. The second-order valence-electron chi connectivity index (χ2n) is 6.91. The fraction of sp³-hybridized carbons (Fsp3) is 0.941. The van der Waals surface area contributed by atoms with Gasteiger partial charge in [0.15, 0.2) is 0 Å². The van der Waals surface area contributed by atoms with Crippen molar-refractivity contribution in [2.75, 3.05) is 0 Å². The molecule has 0 heterocycles. The molecule has 0 fully saturated rings. The summed E-state index contributed by atoms with van der Waals surface area (Å²) in [5, 5.41) is 0. The van der Waals surface area contributed by atoms with Crippen molar-refractivity contribution in [1.82, 2.24) is 0 Å². The van der Waals surface area contributed by atoms with E-state index in [1.165, 1.54) is 51.4 Å². The quantitative estimate of drug-likeness (QED) is 0.408. The number of hydrogen-bond donors (Lipinski definition) is 0. The third-order valence-corrected chi connectivity index (χ3v) is 3.84. The molecule has 0 aromatic rings. The first-order chi connectivity index (χ1) is 7.89. The zero-order valence-corrected chi connectivity index (χ0v) is 13.2. The van der Waals surface area contributed by atoms with Crippen LogP contribution in [-0.4, -0.2) is 0 Å². The second-order valence-corrected chi connectivity index (χ2v) is 6.91. The Hall–Kier alpha value is 0. The van der Waals surface area contributed by atoms with Gasteiger partial charge in [-0.25, -0.2) is 0 Å². The molecule has 0 aliphatic rings. The first kappa shape index (κ1) is 17.0. The minimum Gasteiger partial charge on any atom is -0.0654 e. The molecule has 0 nitrogen and oxygen atoms in total. The second kappa shape index (κ2) is 9.00. The van der Waals surface area contributed by atoms with Gasteiger partial charge in [-0.2, -0.15) is 0 Å². The van der Waals surface area contributed by atoms with Gasteiger partial charge in [-0.15, -0.1) is 0 Å². The zero-order valence-electron chi connectivity index (χ0n) is 13.2. The summed E-state index contributed by atoms with van der Waals surface area (Å²) in [4.78, 5) is 0. The van der Waals surface area contributed by atoms with Gasteiger partial charge < -0.3 is 0 Å². The molecule has 0 aromatic carbocycles. The number of hydrogen-bond acceptors (Lipinski definition) is 0. The smallest absolute Gasteiger partial charge is 0.0267 e. The summed E-state index contributed by atoms with van der Waals surface area (Å²) in [6.45, 7) is 14.0. The van der Waals surface area contributed by atoms with E-state index in [9.17, 15) is 0 Å². The Morgan fingerprint density at radius 1 is 0.824 bits per heavy atom. The Balaban J connectivity index is 3.63. The van der Waals surface area contributed by atoms with Gasteiger partial charge in [0.2, 0.25) is 0 Å². The lowest BCUT2D eigenvalue weighted by molar-refractivity contribution is 0.233. The van der Waals surface area contributed by atoms with Crippen molar-refractivity contribution in [3.8, 4) is 0 Å². The van der Waals surface area contributed by atoms with Gasteiger partial charge in [0.1, 0.15) is 0 Å². The van der Waals surface area contributed by atoms with Gasteiger partial charge >= 0.3 is 0 Å². The molecule has 0 N–H and O–H groups in total. The van der Waals surface area contributed by atoms with E-state index in [4.69, 9.17) is 0 Å². The van der Waals surface area contributed by atoms with E-state index in [1.54, 1.807) is 5.92 Å². The van der Waals surface area contributed by atoms with Crippen LogP contribution in [0.4, 0.5) is 0 Å². The Morgan fingerprint density at radius 2 is 1.29 bits per heavy atom. The van der Waals surface area contributed by atoms with Crippen LogP contribution in [0, 0.1) is 17.3 Å². The topological polar surface area (TPSA) is 0 Å². The van der Waals surface area contributed by atoms with Crippen LogP contribution in [0.2, 0.25) is 0 Å². The largest absolute Gasteiger partial charge is 0.0654 e. The lowest BCUT2D eigenvalue weighted by atomic mass is 9.72. The summed E-state index contributed by atoms with van der Waals surface area (Å²) in [5.74, 6) is 2.42. The maximum atomic E-state index is 2.38. The molecule has 1 unspecified atom stereocenters. The van der Waals surface area contributed by atoms with Crippen LogP contribution in [0.5, 0.6) is 0 Å². The molecule has 17 heavy (non-hydrogen) atoms. The summed E-state index contributed by atoms with van der Waals surface area (Å²) >= 11 is 0. The third kappa shape index (κ3) is 8.69. The molecular weight excluding hydrogens is 204 g/mol. The minimum atomic E-state index is 0.445. The van der Waals surface area contributed by atoms with Crippen LogP contribution in [0.15, 0.2) is 0 Å². The van der Waals surface area contributed by atoms with Crippen molar-refractivity contribution in [3.05, 3.63) is 5.92 Å². The van der Waals surface area contributed by atoms with E-state index >= 15 is 0 Å². The average molecular weight is 239 g/mol. The molecular formula is C17H35. The highest BCUT2D eigenvalue weighted by Crippen LogP contribution is 2.36. The van der Waals surface area contributed by atoms with Crippen molar-refractivity contribution in [1.29, 1.82) is 0 Å². The van der Waals surface area contributed by atoms with Gasteiger partial charge in [0, 0.05) is 0 Å². The van der Waals surface area contributed by atoms with E-state index in [2.05, 4.69) is 41.5 Å². The Morgan fingerprint density at radius 3 is 1.71 bits per heavy atom. The molecule has 0 rings (SSSR count). The van der Waals surface area contributed by atoms with Crippen molar-refractivity contribution < 1.29 is 0 Å². The molecule has 0 aliphatic heterocycles. The fourth-order valence-electron chi connectivity index (χ4n) is 2.89. The summed E-state index contributed by atoms with van der Waals surface area (Å²) in [5.41, 5.74) is 0.445. The molecule has 0 saturated carbocycles. The lowest BCUT2D eigenvalue weighted by Gasteiger charge is -2.33. The third-order valence-electron chi connectivity index (χ3n) is 3.84. The molecule has 0 amide bonds. The van der Waals surface area contributed by atoms with Crippen LogP contribution in [0.1, 0.15) is 92.9 Å². The van der Waals surface area contributed by atoms with Gasteiger partial charge in [-0.1, -0.05) is 86.5 Å². The highest BCUT2D eigenvalue weighted by atomic mass is 14.3. The predicted octanol–water partition coefficient (Wildman–Crippen LogP) is 6.40. The fourth-order valence-corrected chi connectivity index (χ4v) is 2.89. The van der Waals surface area contributed by atoms with Crippen molar-refractivity contribution in [3.63, 3.8) is 0 Å². The molecule has 0 aromatic heterocycles. The van der Waals surface area contributed by atoms with Crippen LogP contribution >= 0.6 is 0 Å². The predicted molar refractivity (Wildman–Crippen MR) is 80.1 cm³/mol. The summed E-state index contributed by atoms with van der Waals surface area (Å²) < 4.78 is 0. The highest BCUT2D eigenvalue weighted by Gasteiger charge is 2.26. The number of unbranched alkanes of at least 4 members (excludes halogenated alkanes) is 6. The summed E-state index contributed by atoms with van der Waals surface area (Å²) in [7, 11) is 0.